The van der Waals surface area contributed by atoms with Crippen LogP contribution in [0, 0.1) is 15.9 Å². The van der Waals surface area contributed by atoms with Gasteiger partial charge < -0.3 is 4.74 Å². The summed E-state index contributed by atoms with van der Waals surface area (Å²) in [5, 5.41) is 10.9. The van der Waals surface area contributed by atoms with Crippen molar-refractivity contribution in [2.24, 2.45) is 0 Å². The Hall–Kier alpha value is -1.95. The average Bonchev–Trinajstić information content (AvgIpc) is 2.43. The molecule has 0 radical (unpaired) electrons. The Kier molecular flexibility index (Phi) is 4.68. The molecule has 6 heteroatoms. The minimum absolute atomic E-state index is 0.0800. The van der Waals surface area contributed by atoms with E-state index < -0.39 is 4.92 Å². The topological polar surface area (TPSA) is 52.4 Å². The van der Waals surface area contributed by atoms with Crippen LogP contribution in [0.1, 0.15) is 5.56 Å². The molecule has 4 nitrogen and oxygen atoms in total. The molecule has 0 aromatic heterocycles. The van der Waals surface area contributed by atoms with Crippen LogP contribution in [-0.2, 0) is 6.42 Å². The smallest absolute Gasteiger partial charge is 0.272 e. The summed E-state index contributed by atoms with van der Waals surface area (Å²) in [6.45, 7) is 0.281. The fourth-order valence-corrected chi connectivity index (χ4v) is 2.10. The third-order valence-electron chi connectivity index (χ3n) is 2.72. The molecule has 0 aliphatic rings. The molecule has 2 aromatic carbocycles. The second kappa shape index (κ2) is 6.47. The standard InChI is InChI=1S/C14H11BrFNO3/c15-12-9-11(5-6-13(12)16)20-8-7-10-3-1-2-4-14(10)17(18)19/h1-6,9H,7-8H2. The molecule has 2 rings (SSSR count). The fraction of sp³-hybridized carbons (Fsp3) is 0.143. The number of ether oxygens (including phenoxy) is 1. The second-order valence-electron chi connectivity index (χ2n) is 4.06. The van der Waals surface area contributed by atoms with Crippen molar-refractivity contribution >= 4 is 21.6 Å². The van der Waals surface area contributed by atoms with Gasteiger partial charge in [0.05, 0.1) is 16.0 Å². The SMILES string of the molecule is O=[N+]([O-])c1ccccc1CCOc1ccc(F)c(Br)c1. The zero-order valence-corrected chi connectivity index (χ0v) is 12.0. The second-order valence-corrected chi connectivity index (χ2v) is 4.91. The van der Waals surface area contributed by atoms with E-state index in [1.807, 2.05) is 0 Å². The maximum absolute atomic E-state index is 13.1. The number of halogens is 2. The molecule has 0 saturated heterocycles. The molecule has 0 aliphatic carbocycles. The largest absolute Gasteiger partial charge is 0.493 e. The van der Waals surface area contributed by atoms with Crippen LogP contribution in [0.5, 0.6) is 5.75 Å². The number of nitro benzene ring substituents is 1. The first-order valence-electron chi connectivity index (χ1n) is 5.88. The van der Waals surface area contributed by atoms with Crippen LogP contribution in [0.15, 0.2) is 46.9 Å². The Morgan fingerprint density at radius 3 is 2.70 bits per heavy atom. The summed E-state index contributed by atoms with van der Waals surface area (Å²) in [6.07, 6.45) is 0.409. The molecule has 0 spiro atoms. The molecule has 0 fully saturated rings. The van der Waals surface area contributed by atoms with E-state index in [1.54, 1.807) is 18.2 Å². The van der Waals surface area contributed by atoms with Crippen molar-refractivity contribution in [3.63, 3.8) is 0 Å². The van der Waals surface area contributed by atoms with Gasteiger partial charge in [0.2, 0.25) is 0 Å². The van der Waals surface area contributed by atoms with Crippen molar-refractivity contribution in [1.82, 2.24) is 0 Å². The summed E-state index contributed by atoms with van der Waals surface area (Å²) < 4.78 is 18.8. The van der Waals surface area contributed by atoms with Crippen LogP contribution in [-0.4, -0.2) is 11.5 Å². The quantitative estimate of drug-likeness (QED) is 0.608. The van der Waals surface area contributed by atoms with E-state index in [0.29, 0.717) is 22.2 Å². The Bertz CT molecular complexity index is 634. The van der Waals surface area contributed by atoms with Gasteiger partial charge in [0.1, 0.15) is 11.6 Å². The van der Waals surface area contributed by atoms with Crippen molar-refractivity contribution in [2.75, 3.05) is 6.61 Å². The maximum Gasteiger partial charge on any atom is 0.272 e. The predicted octanol–water partition coefficient (Wildman–Crippen LogP) is 4.12. The van der Waals surface area contributed by atoms with Gasteiger partial charge in [-0.25, -0.2) is 4.39 Å². The van der Waals surface area contributed by atoms with Gasteiger partial charge in [-0.3, -0.25) is 10.1 Å². The maximum atomic E-state index is 13.1. The zero-order chi connectivity index (χ0) is 14.5. The minimum atomic E-state index is -0.413. The first kappa shape index (κ1) is 14.5. The molecule has 2 aromatic rings. The molecule has 0 amide bonds. The summed E-state index contributed by atoms with van der Waals surface area (Å²) in [6, 6.07) is 10.9. The molecule has 0 unspecified atom stereocenters. The van der Waals surface area contributed by atoms with Gasteiger partial charge in [0, 0.05) is 18.1 Å². The van der Waals surface area contributed by atoms with Gasteiger partial charge in [-0.1, -0.05) is 18.2 Å². The lowest BCUT2D eigenvalue weighted by atomic mass is 10.1. The van der Waals surface area contributed by atoms with Crippen LogP contribution in [0.3, 0.4) is 0 Å². The van der Waals surface area contributed by atoms with Crippen LogP contribution in [0.2, 0.25) is 0 Å². The number of benzene rings is 2. The molecule has 0 heterocycles. The Labute approximate surface area is 123 Å². The van der Waals surface area contributed by atoms with E-state index >= 15 is 0 Å². The van der Waals surface area contributed by atoms with E-state index in [9.17, 15) is 14.5 Å². The minimum Gasteiger partial charge on any atom is -0.493 e. The number of rotatable bonds is 5. The summed E-state index contributed by atoms with van der Waals surface area (Å²) >= 11 is 3.07. The monoisotopic (exact) mass is 339 g/mol. The summed E-state index contributed by atoms with van der Waals surface area (Å²) in [5.41, 5.74) is 0.690. The van der Waals surface area contributed by atoms with Gasteiger partial charge in [-0.15, -0.1) is 0 Å². The summed E-state index contributed by atoms with van der Waals surface area (Å²) in [4.78, 5) is 10.4. The van der Waals surface area contributed by atoms with E-state index in [1.165, 1.54) is 24.3 Å². The van der Waals surface area contributed by atoms with Crippen LogP contribution in [0.25, 0.3) is 0 Å². The molecule has 20 heavy (non-hydrogen) atoms. The lowest BCUT2D eigenvalue weighted by molar-refractivity contribution is -0.385. The Balaban J connectivity index is 1.99. The Morgan fingerprint density at radius 1 is 1.25 bits per heavy atom. The molecule has 0 atom stereocenters. The number of para-hydroxylation sites is 1. The fourth-order valence-electron chi connectivity index (χ4n) is 1.75. The van der Waals surface area contributed by atoms with Crippen molar-refractivity contribution in [3.05, 3.63) is 68.4 Å². The van der Waals surface area contributed by atoms with E-state index in [4.69, 9.17) is 4.74 Å². The van der Waals surface area contributed by atoms with E-state index in [-0.39, 0.29) is 18.1 Å². The Morgan fingerprint density at radius 2 is 2.00 bits per heavy atom. The molecule has 104 valence electrons. The zero-order valence-electron chi connectivity index (χ0n) is 10.4. The lowest BCUT2D eigenvalue weighted by Gasteiger charge is -2.07. The van der Waals surface area contributed by atoms with Gasteiger partial charge >= 0.3 is 0 Å². The van der Waals surface area contributed by atoms with Crippen molar-refractivity contribution in [1.29, 1.82) is 0 Å². The highest BCUT2D eigenvalue weighted by Crippen LogP contribution is 2.22. The summed E-state index contributed by atoms with van der Waals surface area (Å²) in [7, 11) is 0. The normalized spacial score (nSPS) is 10.3. The highest BCUT2D eigenvalue weighted by atomic mass is 79.9. The molecular weight excluding hydrogens is 329 g/mol. The third-order valence-corrected chi connectivity index (χ3v) is 3.33. The molecule has 0 aliphatic heterocycles. The summed E-state index contributed by atoms with van der Waals surface area (Å²) in [5.74, 6) is 0.146. The average molecular weight is 340 g/mol. The van der Waals surface area contributed by atoms with Crippen LogP contribution < -0.4 is 4.74 Å². The van der Waals surface area contributed by atoms with Crippen LogP contribution in [0.4, 0.5) is 10.1 Å². The van der Waals surface area contributed by atoms with Gasteiger partial charge in [0.25, 0.3) is 5.69 Å². The van der Waals surface area contributed by atoms with Crippen molar-refractivity contribution < 1.29 is 14.1 Å². The lowest BCUT2D eigenvalue weighted by Crippen LogP contribution is -2.04. The van der Waals surface area contributed by atoms with Gasteiger partial charge in [-0.05, 0) is 34.1 Å². The van der Waals surface area contributed by atoms with E-state index in [2.05, 4.69) is 15.9 Å². The van der Waals surface area contributed by atoms with Gasteiger partial charge in [0.15, 0.2) is 0 Å². The number of nitro groups is 1. The van der Waals surface area contributed by atoms with Gasteiger partial charge in [-0.2, -0.15) is 0 Å². The highest BCUT2D eigenvalue weighted by Gasteiger charge is 2.12. The molecule has 0 bridgehead atoms. The first-order chi connectivity index (χ1) is 9.58. The number of nitrogens with zero attached hydrogens (tertiary/aromatic N) is 1. The molecule has 0 N–H and O–H groups in total. The number of hydrogen-bond donors (Lipinski definition) is 0. The predicted molar refractivity (Wildman–Crippen MR) is 76.4 cm³/mol. The van der Waals surface area contributed by atoms with Crippen molar-refractivity contribution in [2.45, 2.75) is 6.42 Å². The first-order valence-corrected chi connectivity index (χ1v) is 6.67. The van der Waals surface area contributed by atoms with Crippen LogP contribution >= 0.6 is 15.9 Å². The van der Waals surface area contributed by atoms with E-state index in [0.717, 1.165) is 0 Å². The third kappa shape index (κ3) is 3.54. The highest BCUT2D eigenvalue weighted by molar-refractivity contribution is 9.10. The number of hydrogen-bond acceptors (Lipinski definition) is 3. The van der Waals surface area contributed by atoms with Crippen molar-refractivity contribution in [3.8, 4) is 5.75 Å². The molecular formula is C14H11BrFNO3. The molecule has 0 saturated carbocycles.